The molecule has 0 atom stereocenters. The molecule has 2 N–H and O–H groups in total. The minimum atomic E-state index is 0. The third-order valence-corrected chi connectivity index (χ3v) is 4.58. The maximum absolute atomic E-state index is 12.4. The van der Waals surface area contributed by atoms with Gasteiger partial charge in [0, 0.05) is 49.5 Å². The summed E-state index contributed by atoms with van der Waals surface area (Å²) in [7, 11) is 0. The lowest BCUT2D eigenvalue weighted by Gasteiger charge is -2.34. The third-order valence-electron chi connectivity index (χ3n) is 4.58. The first-order valence-electron chi connectivity index (χ1n) is 8.54. The number of benzene rings is 1. The van der Waals surface area contributed by atoms with E-state index in [1.165, 1.54) is 0 Å². The number of nitrogens with one attached hydrogen (secondary N) is 2. The Bertz CT molecular complexity index is 859. The van der Waals surface area contributed by atoms with E-state index in [-0.39, 0.29) is 18.3 Å². The van der Waals surface area contributed by atoms with Gasteiger partial charge in [-0.25, -0.2) is 4.98 Å². The van der Waals surface area contributed by atoms with Crippen LogP contribution in [0.3, 0.4) is 0 Å². The molecule has 7 heteroatoms. The number of aromatic nitrogens is 2. The van der Waals surface area contributed by atoms with Gasteiger partial charge in [-0.15, -0.1) is 12.4 Å². The van der Waals surface area contributed by atoms with Gasteiger partial charge in [-0.3, -0.25) is 9.69 Å². The molecule has 3 heterocycles. The number of aromatic amines is 1. The lowest BCUT2D eigenvalue weighted by molar-refractivity contribution is -0.117. The van der Waals surface area contributed by atoms with Crippen molar-refractivity contribution < 1.29 is 4.79 Å². The van der Waals surface area contributed by atoms with Crippen LogP contribution in [-0.2, 0) is 4.79 Å². The van der Waals surface area contributed by atoms with Crippen LogP contribution in [0.25, 0.3) is 10.9 Å². The Kier molecular flexibility index (Phi) is 5.75. The number of pyridine rings is 1. The van der Waals surface area contributed by atoms with E-state index in [0.29, 0.717) is 6.54 Å². The highest BCUT2D eigenvalue weighted by molar-refractivity contribution is 6.02. The molecular formula is C19H22ClN5O. The Hall–Kier alpha value is -2.57. The number of amides is 1. The van der Waals surface area contributed by atoms with Crippen LogP contribution in [0, 0.1) is 0 Å². The second-order valence-electron chi connectivity index (χ2n) is 6.25. The van der Waals surface area contributed by atoms with Crippen LogP contribution in [0.15, 0.2) is 54.9 Å². The van der Waals surface area contributed by atoms with Gasteiger partial charge in [0.1, 0.15) is 5.82 Å². The number of rotatable bonds is 4. The average molecular weight is 372 g/mol. The van der Waals surface area contributed by atoms with Crippen molar-refractivity contribution in [1.29, 1.82) is 0 Å². The standard InChI is InChI=1S/C19H21N5O.ClH/c25-19(22-17-13-21-16-6-2-1-5-15(16)17)14-23-9-11-24(12-10-23)18-7-3-4-8-20-18;/h1-8,13,21H,9-12,14H2,(H,22,25);1H. The predicted octanol–water partition coefficient (Wildman–Crippen LogP) is 2.75. The summed E-state index contributed by atoms with van der Waals surface area (Å²) in [4.78, 5) is 24.4. The fraction of sp³-hybridized carbons (Fsp3) is 0.263. The van der Waals surface area contributed by atoms with Crippen molar-refractivity contribution in [1.82, 2.24) is 14.9 Å². The smallest absolute Gasteiger partial charge is 0.238 e. The molecule has 26 heavy (non-hydrogen) atoms. The molecule has 1 aliphatic heterocycles. The van der Waals surface area contributed by atoms with Gasteiger partial charge in [-0.2, -0.15) is 0 Å². The molecule has 136 valence electrons. The average Bonchev–Trinajstić information content (AvgIpc) is 3.06. The highest BCUT2D eigenvalue weighted by atomic mass is 35.5. The number of nitrogens with zero attached hydrogens (tertiary/aromatic N) is 3. The summed E-state index contributed by atoms with van der Waals surface area (Å²) in [5, 5.41) is 4.06. The highest BCUT2D eigenvalue weighted by Gasteiger charge is 2.20. The largest absolute Gasteiger partial charge is 0.359 e. The van der Waals surface area contributed by atoms with E-state index in [9.17, 15) is 4.79 Å². The summed E-state index contributed by atoms with van der Waals surface area (Å²) in [6, 6.07) is 13.9. The summed E-state index contributed by atoms with van der Waals surface area (Å²) in [5.74, 6) is 1.03. The molecule has 1 aromatic carbocycles. The second-order valence-corrected chi connectivity index (χ2v) is 6.25. The lowest BCUT2D eigenvalue weighted by Crippen LogP contribution is -2.48. The summed E-state index contributed by atoms with van der Waals surface area (Å²) in [6.45, 7) is 3.90. The summed E-state index contributed by atoms with van der Waals surface area (Å²) < 4.78 is 0. The van der Waals surface area contributed by atoms with Crippen LogP contribution in [0.1, 0.15) is 0 Å². The molecular weight excluding hydrogens is 350 g/mol. The molecule has 1 amide bonds. The molecule has 0 unspecified atom stereocenters. The number of hydrogen-bond donors (Lipinski definition) is 2. The third kappa shape index (κ3) is 3.98. The summed E-state index contributed by atoms with van der Waals surface area (Å²) >= 11 is 0. The molecule has 1 saturated heterocycles. The number of anilines is 2. The normalized spacial score (nSPS) is 14.8. The van der Waals surface area contributed by atoms with Gasteiger partial charge < -0.3 is 15.2 Å². The Balaban J connectivity index is 0.00000196. The van der Waals surface area contributed by atoms with Gasteiger partial charge in [0.2, 0.25) is 5.91 Å². The molecule has 4 rings (SSSR count). The Labute approximate surface area is 158 Å². The Morgan fingerprint density at radius 2 is 1.85 bits per heavy atom. The lowest BCUT2D eigenvalue weighted by atomic mass is 10.2. The van der Waals surface area contributed by atoms with Crippen LogP contribution in [0.5, 0.6) is 0 Å². The monoisotopic (exact) mass is 371 g/mol. The van der Waals surface area contributed by atoms with Gasteiger partial charge in [-0.1, -0.05) is 24.3 Å². The molecule has 1 fully saturated rings. The SMILES string of the molecule is Cl.O=C(CN1CCN(c2ccccn2)CC1)Nc1c[nH]c2ccccc12. The van der Waals surface area contributed by atoms with E-state index >= 15 is 0 Å². The minimum absolute atomic E-state index is 0. The topological polar surface area (TPSA) is 64.3 Å². The zero-order valence-corrected chi connectivity index (χ0v) is 15.2. The second kappa shape index (κ2) is 8.21. The van der Waals surface area contributed by atoms with E-state index in [0.717, 1.165) is 48.6 Å². The van der Waals surface area contributed by atoms with Crippen molar-refractivity contribution in [3.63, 3.8) is 0 Å². The van der Waals surface area contributed by atoms with Crippen LogP contribution in [0.2, 0.25) is 0 Å². The van der Waals surface area contributed by atoms with E-state index in [1.807, 2.05) is 54.9 Å². The number of halogens is 1. The Morgan fingerprint density at radius 3 is 2.62 bits per heavy atom. The van der Waals surface area contributed by atoms with Gasteiger partial charge in [0.05, 0.1) is 12.2 Å². The zero-order chi connectivity index (χ0) is 17.1. The fourth-order valence-electron chi connectivity index (χ4n) is 3.24. The van der Waals surface area contributed by atoms with Crippen LogP contribution >= 0.6 is 12.4 Å². The van der Waals surface area contributed by atoms with Gasteiger partial charge >= 0.3 is 0 Å². The fourth-order valence-corrected chi connectivity index (χ4v) is 3.24. The van der Waals surface area contributed by atoms with Crippen molar-refractivity contribution in [3.05, 3.63) is 54.9 Å². The van der Waals surface area contributed by atoms with Crippen molar-refractivity contribution in [2.24, 2.45) is 0 Å². The first-order chi connectivity index (χ1) is 12.3. The molecule has 3 aromatic rings. The van der Waals surface area contributed by atoms with Crippen molar-refractivity contribution in [3.8, 4) is 0 Å². The molecule has 0 spiro atoms. The minimum Gasteiger partial charge on any atom is -0.359 e. The van der Waals surface area contributed by atoms with E-state index in [1.54, 1.807) is 0 Å². The molecule has 0 bridgehead atoms. The quantitative estimate of drug-likeness (QED) is 0.740. The molecule has 0 saturated carbocycles. The van der Waals surface area contributed by atoms with Crippen molar-refractivity contribution >= 4 is 40.7 Å². The molecule has 2 aromatic heterocycles. The number of carbonyl (C=O) groups is 1. The zero-order valence-electron chi connectivity index (χ0n) is 14.4. The molecule has 6 nitrogen and oxygen atoms in total. The number of piperazine rings is 1. The van der Waals surface area contributed by atoms with Crippen molar-refractivity contribution in [2.75, 3.05) is 42.9 Å². The number of para-hydroxylation sites is 1. The number of fused-ring (bicyclic) bond motifs is 1. The molecule has 0 radical (unpaired) electrons. The van der Waals surface area contributed by atoms with Crippen LogP contribution in [-0.4, -0.2) is 53.5 Å². The highest BCUT2D eigenvalue weighted by Crippen LogP contribution is 2.22. The van der Waals surface area contributed by atoms with Gasteiger partial charge in [0.15, 0.2) is 0 Å². The predicted molar refractivity (Wildman–Crippen MR) is 107 cm³/mol. The molecule has 1 aliphatic rings. The number of H-pyrrole nitrogens is 1. The number of hydrogen-bond acceptors (Lipinski definition) is 4. The van der Waals surface area contributed by atoms with Crippen molar-refractivity contribution in [2.45, 2.75) is 0 Å². The Morgan fingerprint density at radius 1 is 1.08 bits per heavy atom. The van der Waals surface area contributed by atoms with Gasteiger partial charge in [-0.05, 0) is 18.2 Å². The number of carbonyl (C=O) groups excluding carboxylic acids is 1. The first kappa shape index (κ1) is 18.2. The molecule has 0 aliphatic carbocycles. The first-order valence-corrected chi connectivity index (χ1v) is 8.54. The van der Waals surface area contributed by atoms with E-state index in [4.69, 9.17) is 0 Å². The maximum Gasteiger partial charge on any atom is 0.238 e. The van der Waals surface area contributed by atoms with E-state index < -0.39 is 0 Å². The van der Waals surface area contributed by atoms with Gasteiger partial charge in [0.25, 0.3) is 0 Å². The summed E-state index contributed by atoms with van der Waals surface area (Å²) in [6.07, 6.45) is 3.66. The van der Waals surface area contributed by atoms with Crippen LogP contribution < -0.4 is 10.2 Å². The van der Waals surface area contributed by atoms with Crippen LogP contribution in [0.4, 0.5) is 11.5 Å². The van der Waals surface area contributed by atoms with E-state index in [2.05, 4.69) is 25.1 Å². The summed E-state index contributed by atoms with van der Waals surface area (Å²) in [5.41, 5.74) is 1.87. The maximum atomic E-state index is 12.4.